The molecule has 5 aromatic rings. The first-order chi connectivity index (χ1) is 36.5. The quantitative estimate of drug-likeness (QED) is 0.0224. The minimum Gasteiger partial charge on any atom is -0.491 e. The summed E-state index contributed by atoms with van der Waals surface area (Å²) in [6, 6.07) is 14.0. The maximum Gasteiger partial charge on any atom is 0.248 e. The predicted molar refractivity (Wildman–Crippen MR) is 296 cm³/mol. The molecule has 0 bridgehead atoms. The Morgan fingerprint density at radius 1 is 0.921 bits per heavy atom. The highest BCUT2D eigenvalue weighted by atomic mass is 35.5. The number of halogens is 2. The predicted octanol–water partition coefficient (Wildman–Crippen LogP) is 9.00. The van der Waals surface area contributed by atoms with E-state index >= 15 is 0 Å². The first kappa shape index (κ1) is 59.2. The second-order valence-corrected chi connectivity index (χ2v) is 21.5. The first-order valence-electron chi connectivity index (χ1n) is 25.9. The number of amides is 4. The van der Waals surface area contributed by atoms with E-state index in [1.807, 2.05) is 76.5 Å². The number of likely N-dealkylation sites (tertiary alicyclic amines) is 1. The van der Waals surface area contributed by atoms with Gasteiger partial charge in [0.25, 0.3) is 0 Å². The molecule has 1 aliphatic rings. The molecule has 5 N–H and O–H groups in total. The number of aliphatic hydroxyl groups is 1. The number of hydrogen-bond donors (Lipinski definition) is 5. The van der Waals surface area contributed by atoms with E-state index in [4.69, 9.17) is 25.8 Å². The summed E-state index contributed by atoms with van der Waals surface area (Å²) >= 11 is 7.58. The van der Waals surface area contributed by atoms with Crippen molar-refractivity contribution in [2.75, 3.05) is 70.9 Å². The summed E-state index contributed by atoms with van der Waals surface area (Å²) in [6.45, 7) is 11.2. The summed E-state index contributed by atoms with van der Waals surface area (Å²) in [5, 5.41) is 23.1. The molecule has 1 saturated heterocycles. The lowest BCUT2D eigenvalue weighted by molar-refractivity contribution is -0.144. The van der Waals surface area contributed by atoms with E-state index < -0.39 is 29.4 Å². The number of carbonyl (C=O) groups is 4. The molecule has 3 aromatic carbocycles. The molecule has 1 aliphatic heterocycles. The molecular formula is C56H73ClFN9O8S. The van der Waals surface area contributed by atoms with Gasteiger partial charge in [-0.1, -0.05) is 69.1 Å². The summed E-state index contributed by atoms with van der Waals surface area (Å²) < 4.78 is 31.7. The molecule has 0 spiro atoms. The average Bonchev–Trinajstić information content (AvgIpc) is 4.00. The van der Waals surface area contributed by atoms with Crippen LogP contribution in [0.4, 0.5) is 21.6 Å². The number of carbonyl (C=O) groups excluding carboxylic acids is 4. The van der Waals surface area contributed by atoms with Gasteiger partial charge in [-0.25, -0.2) is 19.3 Å². The second kappa shape index (κ2) is 29.4. The number of unbranched alkanes of at least 4 members (excludes halogenated alkanes) is 4. The number of aryl methyl sites for hydroxylation is 1. The van der Waals surface area contributed by atoms with Crippen molar-refractivity contribution >= 4 is 74.7 Å². The summed E-state index contributed by atoms with van der Waals surface area (Å²) in [5.74, 6) is -0.925. The van der Waals surface area contributed by atoms with Gasteiger partial charge in [0.05, 0.1) is 45.0 Å². The Morgan fingerprint density at radius 3 is 2.28 bits per heavy atom. The smallest absolute Gasteiger partial charge is 0.248 e. The highest BCUT2D eigenvalue weighted by molar-refractivity contribution is 7.13. The topological polar surface area (TPSA) is 209 Å². The molecule has 6 rings (SSSR count). The van der Waals surface area contributed by atoms with Gasteiger partial charge in [-0.2, -0.15) is 0 Å². The number of fused-ring (bicyclic) bond motifs is 1. The molecule has 410 valence electrons. The largest absolute Gasteiger partial charge is 0.491 e. The molecule has 0 aliphatic carbocycles. The van der Waals surface area contributed by atoms with Crippen molar-refractivity contribution in [2.24, 2.45) is 5.41 Å². The molecule has 3 atom stereocenters. The van der Waals surface area contributed by atoms with Crippen molar-refractivity contribution in [3.8, 4) is 16.2 Å². The number of thiazole rings is 1. The first-order valence-corrected chi connectivity index (χ1v) is 27.2. The number of aromatic nitrogens is 3. The number of likely N-dealkylation sites (N-methyl/N-ethyl adjacent to an activating group) is 1. The van der Waals surface area contributed by atoms with Gasteiger partial charge in [-0.05, 0) is 100 Å². The number of nitrogens with one attached hydrogen (secondary N) is 4. The minimum absolute atomic E-state index is 0.0146. The molecule has 76 heavy (non-hydrogen) atoms. The van der Waals surface area contributed by atoms with E-state index in [1.54, 1.807) is 35.6 Å². The summed E-state index contributed by atoms with van der Waals surface area (Å²) in [4.78, 5) is 71.1. The SMILES string of the molecule is Cc1ncsc1-c1ccc(CNC(=O)C2CC(O)CN2C(=O)[C@@H](NC(=O)CCCCCOCCCCOCCCCOc2cc3ncnc(Nc4ccc(F)c(Cl)c4)c3cc2NC(=O)/C=C/CN(C)C)C(C)(C)C)cc1. The maximum absolute atomic E-state index is 14.0. The summed E-state index contributed by atoms with van der Waals surface area (Å²) in [7, 11) is 3.83. The van der Waals surface area contributed by atoms with Crippen molar-refractivity contribution in [1.29, 1.82) is 0 Å². The molecule has 17 nitrogen and oxygen atoms in total. The Labute approximate surface area is 454 Å². The van der Waals surface area contributed by atoms with Crippen LogP contribution in [0.25, 0.3) is 21.3 Å². The third-order valence-corrected chi connectivity index (χ3v) is 13.9. The van der Waals surface area contributed by atoms with Crippen molar-refractivity contribution < 1.29 is 42.9 Å². The molecule has 3 heterocycles. The third kappa shape index (κ3) is 18.3. The Balaban J connectivity index is 0.834. The third-order valence-electron chi connectivity index (χ3n) is 12.6. The Kier molecular flexibility index (Phi) is 22.9. The van der Waals surface area contributed by atoms with E-state index in [9.17, 15) is 28.7 Å². The van der Waals surface area contributed by atoms with Crippen LogP contribution in [-0.2, 0) is 35.2 Å². The van der Waals surface area contributed by atoms with Crippen LogP contribution < -0.4 is 26.0 Å². The van der Waals surface area contributed by atoms with E-state index in [-0.39, 0.29) is 54.6 Å². The second-order valence-electron chi connectivity index (χ2n) is 20.2. The van der Waals surface area contributed by atoms with Crippen LogP contribution in [0.1, 0.15) is 89.8 Å². The van der Waals surface area contributed by atoms with Crippen molar-refractivity contribution in [3.63, 3.8) is 0 Å². The molecular weight excluding hydrogens is 1010 g/mol. The van der Waals surface area contributed by atoms with E-state index in [2.05, 4.69) is 36.2 Å². The van der Waals surface area contributed by atoms with Crippen molar-refractivity contribution in [2.45, 2.75) is 110 Å². The van der Waals surface area contributed by atoms with Crippen molar-refractivity contribution in [3.05, 3.63) is 101 Å². The van der Waals surface area contributed by atoms with Crippen LogP contribution in [0.3, 0.4) is 0 Å². The van der Waals surface area contributed by atoms with Gasteiger partial charge in [0, 0.05) is 82.1 Å². The van der Waals surface area contributed by atoms with Crippen molar-refractivity contribution in [1.82, 2.24) is 35.4 Å². The van der Waals surface area contributed by atoms with Crippen LogP contribution in [0.2, 0.25) is 5.02 Å². The van der Waals surface area contributed by atoms with Crippen LogP contribution in [0.5, 0.6) is 5.75 Å². The van der Waals surface area contributed by atoms with Gasteiger partial charge >= 0.3 is 0 Å². The zero-order valence-electron chi connectivity index (χ0n) is 44.5. The van der Waals surface area contributed by atoms with Gasteiger partial charge in [0.1, 0.15) is 35.8 Å². The highest BCUT2D eigenvalue weighted by Gasteiger charge is 2.44. The Hall–Kier alpha value is -6.09. The number of anilines is 3. The van der Waals surface area contributed by atoms with Gasteiger partial charge in [-0.3, -0.25) is 19.2 Å². The average molecular weight is 1090 g/mol. The van der Waals surface area contributed by atoms with E-state index in [0.717, 1.165) is 53.8 Å². The molecule has 1 fully saturated rings. The number of ether oxygens (including phenoxy) is 3. The van der Waals surface area contributed by atoms with Crippen LogP contribution in [0.15, 0.2) is 78.6 Å². The van der Waals surface area contributed by atoms with Gasteiger partial charge in [0.15, 0.2) is 0 Å². The van der Waals surface area contributed by atoms with Gasteiger partial charge in [0.2, 0.25) is 23.6 Å². The molecule has 2 aromatic heterocycles. The minimum atomic E-state index is -0.879. The van der Waals surface area contributed by atoms with Crippen LogP contribution in [-0.4, -0.2) is 132 Å². The molecule has 20 heteroatoms. The fraction of sp³-hybridized carbons (Fsp3) is 0.482. The number of β-amino-alcohol motifs (C(OH)–C–C–N with tert-alkyl or cyclic N) is 1. The zero-order chi connectivity index (χ0) is 54.6. The summed E-state index contributed by atoms with van der Waals surface area (Å²) in [6.07, 6.45) is 9.58. The molecule has 4 amide bonds. The molecule has 0 radical (unpaired) electrons. The molecule has 0 saturated carbocycles. The zero-order valence-corrected chi connectivity index (χ0v) is 46.0. The monoisotopic (exact) mass is 1090 g/mol. The standard InChI is InChI=1S/C56H73ClFN9O8S/c1-37-51(76-36-62-37)39-19-17-38(18-20-39)33-59-54(71)47-30-41(68)34-67(47)55(72)52(56(2,3)4)65-50(70)15-8-7-9-24-73-25-10-11-26-74-27-12-13-28-75-48-32-45-42(31-46(48)64-49(69)16-14-23-66(5)6)53(61-35-60-45)63-40-21-22-44(58)43(57)29-40/h14,16-22,29,31-32,35-36,41,47,52,68H,7-13,15,23-28,30,33-34H2,1-6H3,(H,59,71)(H,64,69)(H,65,70)(H,60,61,63)/b16-14+/t41?,47?,52-/m1/s1. The Morgan fingerprint density at radius 2 is 1.62 bits per heavy atom. The maximum atomic E-state index is 14.0. The van der Waals surface area contributed by atoms with Gasteiger partial charge in [-0.15, -0.1) is 11.3 Å². The van der Waals surface area contributed by atoms with Crippen LogP contribution >= 0.6 is 22.9 Å². The lowest BCUT2D eigenvalue weighted by Crippen LogP contribution is -2.57. The number of nitrogens with zero attached hydrogens (tertiary/aromatic N) is 5. The molecule has 2 unspecified atom stereocenters. The number of aliphatic hydroxyl groups excluding tert-OH is 1. The number of hydrogen-bond acceptors (Lipinski definition) is 14. The summed E-state index contributed by atoms with van der Waals surface area (Å²) in [5.41, 5.74) is 5.66. The van der Waals surface area contributed by atoms with E-state index in [1.165, 1.54) is 29.4 Å². The fourth-order valence-electron chi connectivity index (χ4n) is 8.44. The van der Waals surface area contributed by atoms with E-state index in [0.29, 0.717) is 86.3 Å². The normalized spacial score (nSPS) is 15.1. The highest BCUT2D eigenvalue weighted by Crippen LogP contribution is 2.35. The lowest BCUT2D eigenvalue weighted by atomic mass is 9.85. The van der Waals surface area contributed by atoms with Crippen LogP contribution in [0, 0.1) is 18.2 Å². The Bertz CT molecular complexity index is 2740. The lowest BCUT2D eigenvalue weighted by Gasteiger charge is -2.35. The number of benzene rings is 3. The fourth-order valence-corrected chi connectivity index (χ4v) is 9.43. The van der Waals surface area contributed by atoms with Gasteiger partial charge < -0.3 is 50.4 Å². The number of rotatable bonds is 29.